The van der Waals surface area contributed by atoms with Crippen LogP contribution in [0.2, 0.25) is 0 Å². The maximum Gasteiger partial charge on any atom is -0.0136 e. The van der Waals surface area contributed by atoms with Crippen molar-refractivity contribution in [2.24, 2.45) is 34.5 Å². The van der Waals surface area contributed by atoms with Crippen molar-refractivity contribution in [1.82, 2.24) is 0 Å². The molecule has 0 radical (unpaired) electrons. The zero-order chi connectivity index (χ0) is 8.02. The Labute approximate surface area is 69.4 Å². The Bertz CT molecular complexity index is 232. The van der Waals surface area contributed by atoms with Gasteiger partial charge in [0.1, 0.15) is 0 Å². The molecular weight excluding hydrogens is 132 g/mol. The molecule has 0 aliphatic heterocycles. The van der Waals surface area contributed by atoms with Crippen LogP contribution in [0, 0.1) is 34.5 Å². The predicted octanol–water partition coefficient (Wildman–Crippen LogP) is 2.93. The van der Waals surface area contributed by atoms with Crippen LogP contribution in [0.5, 0.6) is 0 Å². The lowest BCUT2D eigenvalue weighted by molar-refractivity contribution is 0.347. The molecule has 1 spiro atoms. The molecule has 3 fully saturated rings. The highest BCUT2D eigenvalue weighted by molar-refractivity contribution is 5.54. The summed E-state index contributed by atoms with van der Waals surface area (Å²) in [4.78, 5) is 0. The zero-order valence-electron chi connectivity index (χ0n) is 8.02. The van der Waals surface area contributed by atoms with Gasteiger partial charge in [-0.15, -0.1) is 0 Å². The van der Waals surface area contributed by atoms with Crippen molar-refractivity contribution >= 4 is 0 Å². The Morgan fingerprint density at radius 2 is 2.09 bits per heavy atom. The van der Waals surface area contributed by atoms with E-state index in [1.165, 1.54) is 12.3 Å². The average molecular weight is 150 g/mol. The molecule has 3 saturated carbocycles. The third kappa shape index (κ3) is 0.346. The Kier molecular flexibility index (Phi) is 0.767. The second kappa shape index (κ2) is 1.30. The molecule has 62 valence electrons. The van der Waals surface area contributed by atoms with E-state index in [0.717, 1.165) is 28.6 Å². The van der Waals surface area contributed by atoms with Crippen molar-refractivity contribution in [2.75, 3.05) is 0 Å². The van der Waals surface area contributed by atoms with E-state index in [0.29, 0.717) is 0 Å². The molecule has 0 aromatic heterocycles. The largest absolute Gasteiger partial charge is 0.0651 e. The number of hydrogen-bond acceptors (Lipinski definition) is 0. The van der Waals surface area contributed by atoms with Gasteiger partial charge in [0.15, 0.2) is 0 Å². The van der Waals surface area contributed by atoms with Gasteiger partial charge in [-0.05, 0) is 34.5 Å². The van der Waals surface area contributed by atoms with E-state index in [9.17, 15) is 0 Å². The number of rotatable bonds is 2. The topological polar surface area (TPSA) is 0 Å². The van der Waals surface area contributed by atoms with Gasteiger partial charge in [-0.2, -0.15) is 0 Å². The summed E-state index contributed by atoms with van der Waals surface area (Å²) >= 11 is 0. The molecule has 0 heterocycles. The van der Waals surface area contributed by atoms with Crippen molar-refractivity contribution < 1.29 is 0 Å². The zero-order valence-corrected chi connectivity index (χ0v) is 8.02. The summed E-state index contributed by atoms with van der Waals surface area (Å²) in [6.07, 6.45) is 1.39. The van der Waals surface area contributed by atoms with Gasteiger partial charge in [0.2, 0.25) is 0 Å². The Morgan fingerprint density at radius 3 is 2.36 bits per heavy atom. The van der Waals surface area contributed by atoms with Crippen molar-refractivity contribution in [3.63, 3.8) is 0 Å². The quantitative estimate of drug-likeness (QED) is 0.567. The maximum absolute atomic E-state index is 2.52. The van der Waals surface area contributed by atoms with Gasteiger partial charge in [0.25, 0.3) is 0 Å². The molecule has 0 heteroatoms. The average Bonchev–Trinajstić information content (AvgIpc) is 2.81. The summed E-state index contributed by atoms with van der Waals surface area (Å²) in [5.41, 5.74) is 1.78. The van der Waals surface area contributed by atoms with E-state index in [2.05, 4.69) is 27.7 Å². The third-order valence-corrected chi connectivity index (χ3v) is 5.45. The minimum absolute atomic E-state index is 0.863. The first kappa shape index (κ1) is 6.51. The molecule has 0 saturated heterocycles. The van der Waals surface area contributed by atoms with E-state index in [4.69, 9.17) is 0 Å². The summed E-state index contributed by atoms with van der Waals surface area (Å²) in [6, 6.07) is 0. The molecule has 6 unspecified atom stereocenters. The van der Waals surface area contributed by atoms with Gasteiger partial charge in [0, 0.05) is 0 Å². The van der Waals surface area contributed by atoms with E-state index in [-0.39, 0.29) is 0 Å². The van der Waals surface area contributed by atoms with E-state index < -0.39 is 0 Å². The minimum Gasteiger partial charge on any atom is -0.0651 e. The van der Waals surface area contributed by atoms with Crippen LogP contribution in [0.15, 0.2) is 0 Å². The van der Waals surface area contributed by atoms with Crippen molar-refractivity contribution in [1.29, 1.82) is 0 Å². The molecule has 0 amide bonds. The Hall–Kier alpha value is 0. The fourth-order valence-corrected chi connectivity index (χ4v) is 4.84. The van der Waals surface area contributed by atoms with Gasteiger partial charge >= 0.3 is 0 Å². The van der Waals surface area contributed by atoms with E-state index in [1.807, 2.05) is 0 Å². The Morgan fingerprint density at radius 1 is 1.45 bits per heavy atom. The van der Waals surface area contributed by atoms with Gasteiger partial charge in [0.05, 0.1) is 0 Å². The lowest BCUT2D eigenvalue weighted by Crippen LogP contribution is -2.07. The fourth-order valence-electron chi connectivity index (χ4n) is 4.84. The highest BCUT2D eigenvalue weighted by Crippen LogP contribution is 3.11. The van der Waals surface area contributed by atoms with Crippen LogP contribution in [-0.4, -0.2) is 0 Å². The lowest BCUT2D eigenvalue weighted by atomic mass is 9.91. The first-order valence-electron chi connectivity index (χ1n) is 5.13. The van der Waals surface area contributed by atoms with Gasteiger partial charge in [-0.25, -0.2) is 0 Å². The molecule has 6 atom stereocenters. The molecule has 3 aliphatic carbocycles. The van der Waals surface area contributed by atoms with Crippen LogP contribution in [-0.2, 0) is 0 Å². The molecule has 11 heavy (non-hydrogen) atoms. The molecule has 3 rings (SSSR count). The standard InChI is InChI=1S/C11H18/c1-5-6(2)8-10(4)9-7(3)11(8,9)10/h6-9H,5H2,1-4H3. The SMILES string of the molecule is CCC(C)C1C2(C)C3C(C)C132. The van der Waals surface area contributed by atoms with Crippen LogP contribution in [0.1, 0.15) is 34.1 Å². The highest BCUT2D eigenvalue weighted by Gasteiger charge is 3.08. The fraction of sp³-hybridized carbons (Fsp3) is 1.00. The van der Waals surface area contributed by atoms with Crippen molar-refractivity contribution in [3.8, 4) is 0 Å². The second-order valence-corrected chi connectivity index (χ2v) is 5.35. The maximum atomic E-state index is 2.52. The molecule has 0 N–H and O–H groups in total. The summed E-state index contributed by atoms with van der Waals surface area (Å²) in [6.45, 7) is 9.76. The molecule has 0 aromatic rings. The molecule has 0 aromatic carbocycles. The number of hydrogen-bond donors (Lipinski definition) is 0. The molecule has 0 bridgehead atoms. The molecule has 0 nitrogen and oxygen atoms in total. The van der Waals surface area contributed by atoms with Crippen molar-refractivity contribution in [2.45, 2.75) is 34.1 Å². The smallest absolute Gasteiger partial charge is 0.0136 e. The van der Waals surface area contributed by atoms with Gasteiger partial charge in [-0.3, -0.25) is 0 Å². The molecule has 3 aliphatic rings. The second-order valence-electron chi connectivity index (χ2n) is 5.35. The number of fused-ring (bicyclic) bond motifs is 1. The van der Waals surface area contributed by atoms with E-state index in [1.54, 1.807) is 0 Å². The first-order chi connectivity index (χ1) is 5.13. The minimum atomic E-state index is 0.863. The van der Waals surface area contributed by atoms with Crippen LogP contribution >= 0.6 is 0 Å². The van der Waals surface area contributed by atoms with Crippen LogP contribution in [0.4, 0.5) is 0 Å². The monoisotopic (exact) mass is 150 g/mol. The third-order valence-electron chi connectivity index (χ3n) is 5.45. The summed E-state index contributed by atoms with van der Waals surface area (Å²) < 4.78 is 0. The van der Waals surface area contributed by atoms with E-state index >= 15 is 0 Å². The van der Waals surface area contributed by atoms with Crippen LogP contribution in [0.25, 0.3) is 0 Å². The normalized spacial score (nSPS) is 71.5. The lowest BCUT2D eigenvalue weighted by Gasteiger charge is -2.13. The van der Waals surface area contributed by atoms with Crippen LogP contribution in [0.3, 0.4) is 0 Å². The predicted molar refractivity (Wildman–Crippen MR) is 46.1 cm³/mol. The van der Waals surface area contributed by atoms with Crippen molar-refractivity contribution in [3.05, 3.63) is 0 Å². The Balaban J connectivity index is 1.79. The summed E-state index contributed by atoms with van der Waals surface area (Å²) in [7, 11) is 0. The van der Waals surface area contributed by atoms with Crippen LogP contribution < -0.4 is 0 Å². The van der Waals surface area contributed by atoms with Gasteiger partial charge in [-0.1, -0.05) is 34.1 Å². The summed E-state index contributed by atoms with van der Waals surface area (Å²) in [5.74, 6) is 4.40. The first-order valence-corrected chi connectivity index (χ1v) is 5.13. The highest BCUT2D eigenvalue weighted by atomic mass is 15.1. The summed E-state index contributed by atoms with van der Waals surface area (Å²) in [5, 5.41) is 0. The van der Waals surface area contributed by atoms with Gasteiger partial charge < -0.3 is 0 Å². The molecular formula is C11H18.